The highest BCUT2D eigenvalue weighted by Gasteiger charge is 2.30. The lowest BCUT2D eigenvalue weighted by molar-refractivity contribution is 0.0149. The maximum Gasteiger partial charge on any atom is 0.410 e. The van der Waals surface area contributed by atoms with E-state index in [0.29, 0.717) is 19.3 Å². The summed E-state index contributed by atoms with van der Waals surface area (Å²) in [6.07, 6.45) is 1.15. The van der Waals surface area contributed by atoms with Gasteiger partial charge in [-0.05, 0) is 66.5 Å². The molecule has 1 aromatic carbocycles. The van der Waals surface area contributed by atoms with Crippen LogP contribution in [0.25, 0.3) is 0 Å². The molecule has 0 spiro atoms. The Morgan fingerprint density at radius 2 is 1.82 bits per heavy atom. The molecule has 5 N–H and O–H groups in total. The van der Waals surface area contributed by atoms with Gasteiger partial charge in [0.2, 0.25) is 5.75 Å². The minimum absolute atomic E-state index is 0.00953. The fourth-order valence-electron chi connectivity index (χ4n) is 3.34. The minimum Gasteiger partial charge on any atom is -0.501 e. The highest BCUT2D eigenvalue weighted by molar-refractivity contribution is 5.75. The summed E-state index contributed by atoms with van der Waals surface area (Å²) in [6.45, 7) is 10.3. The Bertz CT molecular complexity index is 1020. The molecule has 1 unspecified atom stereocenters. The van der Waals surface area contributed by atoms with E-state index in [1.807, 2.05) is 7.05 Å². The van der Waals surface area contributed by atoms with Crippen LogP contribution in [0.3, 0.4) is 0 Å². The molecule has 0 saturated carbocycles. The second-order valence-corrected chi connectivity index (χ2v) is 9.32. The number of unbranched alkanes of at least 4 members (excludes halogenated alkanes) is 1. The largest absolute Gasteiger partial charge is 0.501 e. The molecule has 1 heterocycles. The van der Waals surface area contributed by atoms with E-state index in [9.17, 15) is 19.5 Å². The SMILES string of the molecule is CCN(C(=O)OC(C)(C)C)C(CCCCO)c1nc(C=O)c(O)c(=O)[nH]1.CNCc1ccc(C)cc1.CO. The number of H-pyrrole nitrogens is 1. The maximum atomic E-state index is 12.6. The lowest BCUT2D eigenvalue weighted by Gasteiger charge is -2.32. The average molecular weight is 537 g/mol. The minimum atomic E-state index is -0.857. The Hall–Kier alpha value is -3.28. The van der Waals surface area contributed by atoms with E-state index in [4.69, 9.17) is 14.9 Å². The molecule has 0 radical (unpaired) electrons. The summed E-state index contributed by atoms with van der Waals surface area (Å²) in [4.78, 5) is 43.3. The predicted octanol–water partition coefficient (Wildman–Crippen LogP) is 3.07. The number of ether oxygens (including phenoxy) is 1. The van der Waals surface area contributed by atoms with Crippen molar-refractivity contribution in [1.29, 1.82) is 0 Å². The fraction of sp³-hybridized carbons (Fsp3) is 0.556. The number of amides is 1. The van der Waals surface area contributed by atoms with Gasteiger partial charge >= 0.3 is 6.09 Å². The first-order chi connectivity index (χ1) is 18.0. The van der Waals surface area contributed by atoms with E-state index in [-0.39, 0.29) is 25.3 Å². The van der Waals surface area contributed by atoms with E-state index >= 15 is 0 Å². The predicted molar refractivity (Wildman–Crippen MR) is 146 cm³/mol. The number of hydrogen-bond donors (Lipinski definition) is 5. The molecule has 2 aromatic rings. The number of aliphatic hydroxyl groups excluding tert-OH is 2. The van der Waals surface area contributed by atoms with Crippen molar-refractivity contribution in [3.63, 3.8) is 0 Å². The van der Waals surface area contributed by atoms with Gasteiger partial charge in [-0.2, -0.15) is 0 Å². The normalized spacial score (nSPS) is 11.3. The number of aryl methyl sites for hydroxylation is 1. The highest BCUT2D eigenvalue weighted by atomic mass is 16.6. The van der Waals surface area contributed by atoms with Crippen LogP contribution in [0, 0.1) is 6.92 Å². The molecule has 0 bridgehead atoms. The Balaban J connectivity index is 0.000000944. The van der Waals surface area contributed by atoms with Crippen LogP contribution in [0.15, 0.2) is 29.1 Å². The second kappa shape index (κ2) is 18.1. The van der Waals surface area contributed by atoms with E-state index in [0.717, 1.165) is 13.7 Å². The summed E-state index contributed by atoms with van der Waals surface area (Å²) in [7, 11) is 2.96. The Morgan fingerprint density at radius 3 is 2.29 bits per heavy atom. The zero-order valence-electron chi connectivity index (χ0n) is 23.6. The van der Waals surface area contributed by atoms with Gasteiger partial charge < -0.3 is 30.4 Å². The number of hydrogen-bond acceptors (Lipinski definition) is 9. The van der Waals surface area contributed by atoms with Crippen molar-refractivity contribution in [3.8, 4) is 5.75 Å². The molecule has 1 atom stereocenters. The van der Waals surface area contributed by atoms with Crippen LogP contribution in [0.1, 0.15) is 80.4 Å². The lowest BCUT2D eigenvalue weighted by Crippen LogP contribution is -2.40. The molecule has 11 nitrogen and oxygen atoms in total. The Kier molecular flexibility index (Phi) is 16.5. The first kappa shape index (κ1) is 34.7. The summed E-state index contributed by atoms with van der Waals surface area (Å²) < 4.78 is 5.41. The molecule has 0 aliphatic heterocycles. The second-order valence-electron chi connectivity index (χ2n) is 9.32. The molecule has 1 amide bonds. The van der Waals surface area contributed by atoms with Crippen molar-refractivity contribution in [2.75, 3.05) is 27.3 Å². The Labute approximate surface area is 224 Å². The number of nitrogens with zero attached hydrogens (tertiary/aromatic N) is 2. The molecule has 0 aliphatic rings. The van der Waals surface area contributed by atoms with Crippen LogP contribution in [0.4, 0.5) is 4.79 Å². The van der Waals surface area contributed by atoms with Gasteiger partial charge in [0.15, 0.2) is 12.0 Å². The molecule has 1 aromatic heterocycles. The highest BCUT2D eigenvalue weighted by Crippen LogP contribution is 2.26. The molecule has 38 heavy (non-hydrogen) atoms. The van der Waals surface area contributed by atoms with E-state index < -0.39 is 34.7 Å². The zero-order valence-corrected chi connectivity index (χ0v) is 23.6. The van der Waals surface area contributed by atoms with Crippen LogP contribution in [-0.2, 0) is 11.3 Å². The van der Waals surface area contributed by atoms with Crippen LogP contribution >= 0.6 is 0 Å². The summed E-state index contributed by atoms with van der Waals surface area (Å²) in [5.41, 5.74) is 0.706. The van der Waals surface area contributed by atoms with E-state index in [1.165, 1.54) is 16.0 Å². The third-order valence-corrected chi connectivity index (χ3v) is 5.10. The summed E-state index contributed by atoms with van der Waals surface area (Å²) in [5.74, 6) is -0.682. The fourth-order valence-corrected chi connectivity index (χ4v) is 3.34. The van der Waals surface area contributed by atoms with Gasteiger partial charge in [0, 0.05) is 26.8 Å². The van der Waals surface area contributed by atoms with Crippen LogP contribution in [0.5, 0.6) is 5.75 Å². The van der Waals surface area contributed by atoms with Gasteiger partial charge in [-0.25, -0.2) is 9.78 Å². The standard InChI is InChI=1S/C17H27N3O6.C9H13N.CH4O/c1-5-20(16(25)26-17(2,3)4)12(8-6-7-9-21)14-18-11(10-22)13(23)15(24)19-14;1-8-3-5-9(6-4-8)7-10-2;1-2/h10,12,21,23H,5-9H2,1-4H3,(H,18,19,24);3-6,10H,7H2,1-2H3;2H,1H3. The zero-order chi connectivity index (χ0) is 29.3. The number of carbonyl (C=O) groups is 2. The van der Waals surface area contributed by atoms with Crippen molar-refractivity contribution in [2.24, 2.45) is 0 Å². The first-order valence-corrected chi connectivity index (χ1v) is 12.5. The summed E-state index contributed by atoms with van der Waals surface area (Å²) in [6, 6.07) is 7.88. The molecular formula is C27H44N4O7. The van der Waals surface area contributed by atoms with Crippen molar-refractivity contribution < 1.29 is 29.6 Å². The molecule has 0 saturated heterocycles. The van der Waals surface area contributed by atoms with Crippen molar-refractivity contribution in [1.82, 2.24) is 20.2 Å². The topological polar surface area (TPSA) is 165 Å². The number of carbonyl (C=O) groups excluding carboxylic acids is 2. The third kappa shape index (κ3) is 12.3. The lowest BCUT2D eigenvalue weighted by atomic mass is 10.1. The first-order valence-electron chi connectivity index (χ1n) is 12.5. The van der Waals surface area contributed by atoms with Gasteiger partial charge in [0.25, 0.3) is 5.56 Å². The number of benzene rings is 1. The molecule has 0 fully saturated rings. The molecule has 214 valence electrons. The number of aromatic hydroxyl groups is 1. The van der Waals surface area contributed by atoms with E-state index in [2.05, 4.69) is 46.5 Å². The van der Waals surface area contributed by atoms with Gasteiger partial charge in [-0.15, -0.1) is 0 Å². The quantitative estimate of drug-likeness (QED) is 0.227. The van der Waals surface area contributed by atoms with E-state index in [1.54, 1.807) is 27.7 Å². The summed E-state index contributed by atoms with van der Waals surface area (Å²) in [5, 5.41) is 28.7. The molecule has 11 heteroatoms. The van der Waals surface area contributed by atoms with Crippen LogP contribution in [-0.4, -0.2) is 75.5 Å². The number of aldehydes is 1. The number of aromatic nitrogens is 2. The van der Waals surface area contributed by atoms with Gasteiger partial charge in [0.1, 0.15) is 11.4 Å². The van der Waals surface area contributed by atoms with Gasteiger partial charge in [-0.1, -0.05) is 29.8 Å². The van der Waals surface area contributed by atoms with Crippen LogP contribution < -0.4 is 10.9 Å². The maximum absolute atomic E-state index is 12.6. The van der Waals surface area contributed by atoms with Crippen LogP contribution in [0.2, 0.25) is 0 Å². The number of aromatic amines is 1. The van der Waals surface area contributed by atoms with Crippen molar-refractivity contribution >= 4 is 12.4 Å². The molecular weight excluding hydrogens is 492 g/mol. The monoisotopic (exact) mass is 536 g/mol. The third-order valence-electron chi connectivity index (χ3n) is 5.10. The molecule has 2 rings (SSSR count). The average Bonchev–Trinajstić information content (AvgIpc) is 2.87. The number of aliphatic hydroxyl groups is 2. The Morgan fingerprint density at radius 1 is 1.21 bits per heavy atom. The molecule has 0 aliphatic carbocycles. The van der Waals surface area contributed by atoms with Crippen molar-refractivity contribution in [2.45, 2.75) is 72.1 Å². The van der Waals surface area contributed by atoms with Gasteiger partial charge in [-0.3, -0.25) is 14.5 Å². The van der Waals surface area contributed by atoms with Gasteiger partial charge in [0.05, 0.1) is 6.04 Å². The number of rotatable bonds is 10. The smallest absolute Gasteiger partial charge is 0.410 e. The number of nitrogens with one attached hydrogen (secondary N) is 2. The van der Waals surface area contributed by atoms with Crippen molar-refractivity contribution in [3.05, 3.63) is 57.3 Å². The summed E-state index contributed by atoms with van der Waals surface area (Å²) >= 11 is 0.